The summed E-state index contributed by atoms with van der Waals surface area (Å²) in [7, 11) is 1.66. The number of anilines is 2. The van der Waals surface area contributed by atoms with Crippen molar-refractivity contribution < 1.29 is 4.74 Å². The van der Waals surface area contributed by atoms with Crippen LogP contribution in [0.4, 0.5) is 11.6 Å². The number of hydrogen-bond acceptors (Lipinski definition) is 5. The van der Waals surface area contributed by atoms with Crippen molar-refractivity contribution in [2.45, 2.75) is 0 Å². The lowest BCUT2D eigenvalue weighted by atomic mass is 10.1. The van der Waals surface area contributed by atoms with Crippen LogP contribution >= 0.6 is 11.6 Å². The Morgan fingerprint density at radius 3 is 2.36 bits per heavy atom. The lowest BCUT2D eigenvalue weighted by molar-refractivity contribution is 0.415. The molecule has 0 atom stereocenters. The van der Waals surface area contributed by atoms with Crippen LogP contribution in [0.25, 0.3) is 11.3 Å². The molecule has 6 nitrogen and oxygen atoms in total. The van der Waals surface area contributed by atoms with Gasteiger partial charge >= 0.3 is 0 Å². The molecule has 1 saturated heterocycles. The number of ether oxygens (including phenoxy) is 1. The molecule has 1 aliphatic heterocycles. The number of H-pyrrole nitrogens is 1. The molecule has 0 bridgehead atoms. The number of methoxy groups -OCH3 is 1. The summed E-state index contributed by atoms with van der Waals surface area (Å²) in [6, 6.07) is 17.0. The van der Waals surface area contributed by atoms with Crippen molar-refractivity contribution in [3.63, 3.8) is 0 Å². The third kappa shape index (κ3) is 3.82. The van der Waals surface area contributed by atoms with Crippen molar-refractivity contribution in [3.05, 3.63) is 70.0 Å². The number of halogens is 1. The van der Waals surface area contributed by atoms with E-state index in [1.807, 2.05) is 30.3 Å². The van der Waals surface area contributed by atoms with Crippen molar-refractivity contribution in [1.82, 2.24) is 9.97 Å². The second-order valence-electron chi connectivity index (χ2n) is 6.61. The van der Waals surface area contributed by atoms with Crippen molar-refractivity contribution >= 4 is 23.2 Å². The monoisotopic (exact) mass is 396 g/mol. The molecular formula is C21H21ClN4O2. The van der Waals surface area contributed by atoms with Crippen molar-refractivity contribution in [1.29, 1.82) is 0 Å². The van der Waals surface area contributed by atoms with Gasteiger partial charge in [0.2, 0.25) is 5.95 Å². The number of aromatic amines is 1. The number of rotatable bonds is 4. The second-order valence-corrected chi connectivity index (χ2v) is 7.01. The first-order valence-electron chi connectivity index (χ1n) is 9.14. The Balaban J connectivity index is 1.51. The molecule has 28 heavy (non-hydrogen) atoms. The lowest BCUT2D eigenvalue weighted by Crippen LogP contribution is -2.47. The Labute approximate surface area is 168 Å². The Morgan fingerprint density at radius 1 is 1.00 bits per heavy atom. The predicted molar refractivity (Wildman–Crippen MR) is 113 cm³/mol. The zero-order valence-electron chi connectivity index (χ0n) is 15.6. The average Bonchev–Trinajstić information content (AvgIpc) is 2.74. The molecule has 1 fully saturated rings. The number of aromatic nitrogens is 2. The molecule has 0 radical (unpaired) electrons. The van der Waals surface area contributed by atoms with Crippen LogP contribution in [0.3, 0.4) is 0 Å². The highest BCUT2D eigenvalue weighted by molar-refractivity contribution is 6.33. The molecule has 2 aromatic carbocycles. The predicted octanol–water partition coefficient (Wildman–Crippen LogP) is 3.43. The molecule has 7 heteroatoms. The summed E-state index contributed by atoms with van der Waals surface area (Å²) < 4.78 is 5.22. The van der Waals surface area contributed by atoms with Crippen LogP contribution in [0.1, 0.15) is 0 Å². The van der Waals surface area contributed by atoms with E-state index >= 15 is 0 Å². The molecule has 0 saturated carbocycles. The molecular weight excluding hydrogens is 376 g/mol. The molecule has 1 aliphatic rings. The number of nitrogens with one attached hydrogen (secondary N) is 1. The van der Waals surface area contributed by atoms with Gasteiger partial charge in [0.15, 0.2) is 0 Å². The maximum absolute atomic E-state index is 12.2. The summed E-state index contributed by atoms with van der Waals surface area (Å²) in [6.07, 6.45) is 0. The van der Waals surface area contributed by atoms with E-state index in [0.29, 0.717) is 16.7 Å². The third-order valence-corrected chi connectivity index (χ3v) is 5.23. The SMILES string of the molecule is COc1ccc(N2CCN(c3nc(-c4ccccc4Cl)cc(=O)[nH]3)CC2)cc1. The van der Waals surface area contributed by atoms with Gasteiger partial charge in [-0.05, 0) is 30.3 Å². The van der Waals surface area contributed by atoms with Gasteiger partial charge < -0.3 is 14.5 Å². The van der Waals surface area contributed by atoms with E-state index in [0.717, 1.165) is 43.2 Å². The van der Waals surface area contributed by atoms with Gasteiger partial charge in [0.25, 0.3) is 5.56 Å². The fraction of sp³-hybridized carbons (Fsp3) is 0.238. The molecule has 2 heterocycles. The number of benzene rings is 2. The van der Waals surface area contributed by atoms with Crippen molar-refractivity contribution in [3.8, 4) is 17.0 Å². The Morgan fingerprint density at radius 2 is 1.68 bits per heavy atom. The molecule has 4 rings (SSSR count). The first-order chi connectivity index (χ1) is 13.6. The highest BCUT2D eigenvalue weighted by Crippen LogP contribution is 2.26. The van der Waals surface area contributed by atoms with Crippen molar-refractivity contribution in [2.75, 3.05) is 43.1 Å². The molecule has 0 amide bonds. The minimum atomic E-state index is -0.183. The summed E-state index contributed by atoms with van der Waals surface area (Å²) >= 11 is 6.28. The number of nitrogens with zero attached hydrogens (tertiary/aromatic N) is 3. The zero-order chi connectivity index (χ0) is 19.5. The first kappa shape index (κ1) is 18.4. The molecule has 0 unspecified atom stereocenters. The van der Waals surface area contributed by atoms with E-state index < -0.39 is 0 Å². The molecule has 3 aromatic rings. The van der Waals surface area contributed by atoms with E-state index in [2.05, 4.69) is 31.9 Å². The molecule has 0 aliphatic carbocycles. The molecule has 1 aromatic heterocycles. The minimum absolute atomic E-state index is 0.183. The van der Waals surface area contributed by atoms with Crippen LogP contribution in [-0.2, 0) is 0 Å². The summed E-state index contributed by atoms with van der Waals surface area (Å²) in [5.41, 5.74) is 2.32. The van der Waals surface area contributed by atoms with Crippen molar-refractivity contribution in [2.24, 2.45) is 0 Å². The van der Waals surface area contributed by atoms with Crippen LogP contribution in [0, 0.1) is 0 Å². The average molecular weight is 397 g/mol. The van der Waals surface area contributed by atoms with Crippen LogP contribution in [-0.4, -0.2) is 43.3 Å². The van der Waals surface area contributed by atoms with Gasteiger partial charge in [-0.15, -0.1) is 0 Å². The lowest BCUT2D eigenvalue weighted by Gasteiger charge is -2.36. The van der Waals surface area contributed by atoms with Crippen LogP contribution in [0.2, 0.25) is 5.02 Å². The summed E-state index contributed by atoms with van der Waals surface area (Å²) in [5, 5.41) is 0.580. The van der Waals surface area contributed by atoms with Gasteiger partial charge in [0.05, 0.1) is 12.8 Å². The van der Waals surface area contributed by atoms with E-state index in [4.69, 9.17) is 16.3 Å². The maximum atomic E-state index is 12.2. The Kier molecular flexibility index (Phi) is 5.21. The molecule has 0 spiro atoms. The molecule has 144 valence electrons. The first-order valence-corrected chi connectivity index (χ1v) is 9.52. The highest BCUT2D eigenvalue weighted by Gasteiger charge is 2.20. The zero-order valence-corrected chi connectivity index (χ0v) is 16.3. The number of hydrogen-bond donors (Lipinski definition) is 1. The quantitative estimate of drug-likeness (QED) is 0.732. The Bertz CT molecular complexity index is 1010. The van der Waals surface area contributed by atoms with Crippen LogP contribution < -0.4 is 20.1 Å². The van der Waals surface area contributed by atoms with E-state index in [9.17, 15) is 4.79 Å². The summed E-state index contributed by atoms with van der Waals surface area (Å²) in [6.45, 7) is 3.21. The van der Waals surface area contributed by atoms with Gasteiger partial charge in [-0.2, -0.15) is 0 Å². The fourth-order valence-electron chi connectivity index (χ4n) is 3.37. The van der Waals surface area contributed by atoms with E-state index in [-0.39, 0.29) is 5.56 Å². The van der Waals surface area contributed by atoms with Gasteiger partial charge in [-0.3, -0.25) is 9.78 Å². The Hall–Kier alpha value is -2.99. The largest absolute Gasteiger partial charge is 0.497 e. The van der Waals surface area contributed by atoms with E-state index in [1.54, 1.807) is 13.2 Å². The fourth-order valence-corrected chi connectivity index (χ4v) is 3.60. The summed E-state index contributed by atoms with van der Waals surface area (Å²) in [5.74, 6) is 1.43. The van der Waals surface area contributed by atoms with Gasteiger partial charge in [0, 0.05) is 48.5 Å². The topological polar surface area (TPSA) is 61.5 Å². The van der Waals surface area contributed by atoms with Gasteiger partial charge in [-0.1, -0.05) is 29.8 Å². The number of piperazine rings is 1. The second kappa shape index (κ2) is 7.94. The standard InChI is InChI=1S/C21H21ClN4O2/c1-28-16-8-6-15(7-9-16)25-10-12-26(13-11-25)21-23-19(14-20(27)24-21)17-4-2-3-5-18(17)22/h2-9,14H,10-13H2,1H3,(H,23,24,27). The summed E-state index contributed by atoms with van der Waals surface area (Å²) in [4.78, 5) is 24.1. The third-order valence-electron chi connectivity index (χ3n) is 4.90. The normalized spacial score (nSPS) is 14.2. The maximum Gasteiger partial charge on any atom is 0.252 e. The van der Waals surface area contributed by atoms with Crippen LogP contribution in [0.5, 0.6) is 5.75 Å². The highest BCUT2D eigenvalue weighted by atomic mass is 35.5. The minimum Gasteiger partial charge on any atom is -0.497 e. The molecule has 1 N–H and O–H groups in total. The van der Waals surface area contributed by atoms with Gasteiger partial charge in [-0.25, -0.2) is 4.98 Å². The smallest absolute Gasteiger partial charge is 0.252 e. The van der Waals surface area contributed by atoms with Crippen LogP contribution in [0.15, 0.2) is 59.4 Å². The van der Waals surface area contributed by atoms with E-state index in [1.165, 1.54) is 6.07 Å². The van der Waals surface area contributed by atoms with Gasteiger partial charge in [0.1, 0.15) is 5.75 Å².